The van der Waals surface area contributed by atoms with Crippen molar-refractivity contribution < 1.29 is 28.4 Å². The van der Waals surface area contributed by atoms with Crippen molar-refractivity contribution in [3.8, 4) is 40.2 Å². The molecular weight excluding hydrogens is 492 g/mol. The molecule has 0 fully saturated rings. The van der Waals surface area contributed by atoms with Crippen molar-refractivity contribution in [1.82, 2.24) is 0 Å². The van der Waals surface area contributed by atoms with Crippen molar-refractivity contribution in [1.29, 1.82) is 0 Å². The summed E-state index contributed by atoms with van der Waals surface area (Å²) in [6.07, 6.45) is 3.49. The second kappa shape index (κ2) is 13.5. The van der Waals surface area contributed by atoms with Crippen LogP contribution in [0.15, 0.2) is 78.9 Å². The molecule has 0 aliphatic heterocycles. The molecular formula is C33H36O6. The first-order valence-electron chi connectivity index (χ1n) is 12.9. The minimum atomic E-state index is 0.602. The normalized spacial score (nSPS) is 10.6. The van der Waals surface area contributed by atoms with E-state index >= 15 is 0 Å². The Kier molecular flexibility index (Phi) is 9.57. The van der Waals surface area contributed by atoms with E-state index in [1.807, 2.05) is 42.5 Å². The van der Waals surface area contributed by atoms with Gasteiger partial charge in [0.2, 0.25) is 5.75 Å². The zero-order valence-electron chi connectivity index (χ0n) is 23.3. The highest BCUT2D eigenvalue weighted by Gasteiger charge is 2.13. The first kappa shape index (κ1) is 27.7. The van der Waals surface area contributed by atoms with Gasteiger partial charge in [0.25, 0.3) is 0 Å². The zero-order valence-corrected chi connectivity index (χ0v) is 23.3. The smallest absolute Gasteiger partial charge is 0.203 e. The van der Waals surface area contributed by atoms with E-state index in [4.69, 9.17) is 28.4 Å². The third kappa shape index (κ3) is 7.17. The molecule has 39 heavy (non-hydrogen) atoms. The molecule has 4 aromatic rings. The monoisotopic (exact) mass is 528 g/mol. The molecule has 0 aliphatic carbocycles. The topological polar surface area (TPSA) is 55.4 Å². The second-order valence-corrected chi connectivity index (χ2v) is 9.12. The van der Waals surface area contributed by atoms with Gasteiger partial charge in [-0.2, -0.15) is 0 Å². The molecule has 0 heterocycles. The predicted octanol–water partition coefficient (Wildman–Crippen LogP) is 7.09. The quantitative estimate of drug-likeness (QED) is 0.185. The molecule has 0 aromatic heterocycles. The summed E-state index contributed by atoms with van der Waals surface area (Å²) >= 11 is 0. The lowest BCUT2D eigenvalue weighted by atomic mass is 10.0. The first-order chi connectivity index (χ1) is 19.1. The standard InChI is InChI=1S/C33H36O6/c1-34-28-8-6-7-24(19-28)10-11-25-15-18-29(35-2)30(20-25)39-27-16-13-23(14-17-27)9-12-26-21-31(36-3)33(38-5)32(22-26)37-4/h6-8,13-22H,9-12H2,1-5H3. The van der Waals surface area contributed by atoms with Crippen molar-refractivity contribution in [2.75, 3.05) is 35.5 Å². The molecule has 0 spiro atoms. The predicted molar refractivity (Wildman–Crippen MR) is 153 cm³/mol. The van der Waals surface area contributed by atoms with Gasteiger partial charge in [-0.25, -0.2) is 0 Å². The van der Waals surface area contributed by atoms with Gasteiger partial charge in [-0.15, -0.1) is 0 Å². The third-order valence-electron chi connectivity index (χ3n) is 6.64. The van der Waals surface area contributed by atoms with Gasteiger partial charge in [0, 0.05) is 0 Å². The Balaban J connectivity index is 1.40. The highest BCUT2D eigenvalue weighted by molar-refractivity contribution is 5.54. The van der Waals surface area contributed by atoms with Gasteiger partial charge < -0.3 is 28.4 Å². The lowest BCUT2D eigenvalue weighted by molar-refractivity contribution is 0.324. The van der Waals surface area contributed by atoms with Gasteiger partial charge in [0.15, 0.2) is 23.0 Å². The molecule has 0 bridgehead atoms. The van der Waals surface area contributed by atoms with Crippen molar-refractivity contribution in [2.24, 2.45) is 0 Å². The highest BCUT2D eigenvalue weighted by atomic mass is 16.5. The van der Waals surface area contributed by atoms with Crippen molar-refractivity contribution in [3.05, 3.63) is 101 Å². The van der Waals surface area contributed by atoms with Gasteiger partial charge >= 0.3 is 0 Å². The van der Waals surface area contributed by atoms with E-state index in [2.05, 4.69) is 36.4 Å². The van der Waals surface area contributed by atoms with Crippen LogP contribution >= 0.6 is 0 Å². The van der Waals surface area contributed by atoms with E-state index in [0.29, 0.717) is 28.7 Å². The molecule has 4 rings (SSSR count). The Bertz CT molecular complexity index is 1340. The van der Waals surface area contributed by atoms with Gasteiger partial charge in [-0.05, 0) is 96.5 Å². The van der Waals surface area contributed by atoms with Crippen molar-refractivity contribution >= 4 is 0 Å². The Morgan fingerprint density at radius 3 is 1.59 bits per heavy atom. The van der Waals surface area contributed by atoms with Gasteiger partial charge in [-0.1, -0.05) is 30.3 Å². The molecule has 204 valence electrons. The molecule has 0 unspecified atom stereocenters. The summed E-state index contributed by atoms with van der Waals surface area (Å²) in [7, 11) is 8.22. The molecule has 0 aliphatic rings. The van der Waals surface area contributed by atoms with Crippen LogP contribution in [0, 0.1) is 0 Å². The van der Waals surface area contributed by atoms with Crippen LogP contribution < -0.4 is 28.4 Å². The Hall–Kier alpha value is -4.32. The zero-order chi connectivity index (χ0) is 27.6. The minimum absolute atomic E-state index is 0.602. The highest BCUT2D eigenvalue weighted by Crippen LogP contribution is 2.38. The molecule has 0 saturated carbocycles. The maximum Gasteiger partial charge on any atom is 0.203 e. The first-order valence-corrected chi connectivity index (χ1v) is 12.9. The molecule has 6 heteroatoms. The molecule has 6 nitrogen and oxygen atoms in total. The Morgan fingerprint density at radius 1 is 0.410 bits per heavy atom. The van der Waals surface area contributed by atoms with Gasteiger partial charge in [0.05, 0.1) is 35.5 Å². The number of rotatable bonds is 13. The maximum absolute atomic E-state index is 6.24. The summed E-state index contributed by atoms with van der Waals surface area (Å²) in [5, 5.41) is 0. The van der Waals surface area contributed by atoms with Crippen LogP contribution in [0.5, 0.6) is 40.2 Å². The van der Waals surface area contributed by atoms with Gasteiger partial charge in [-0.3, -0.25) is 0 Å². The summed E-state index contributed by atoms with van der Waals surface area (Å²) < 4.78 is 33.5. The van der Waals surface area contributed by atoms with E-state index in [0.717, 1.165) is 42.7 Å². The average molecular weight is 529 g/mol. The molecule has 0 atom stereocenters. The summed E-state index contributed by atoms with van der Waals surface area (Å²) in [5.74, 6) is 4.96. The number of hydrogen-bond donors (Lipinski definition) is 0. The van der Waals surface area contributed by atoms with Gasteiger partial charge in [0.1, 0.15) is 11.5 Å². The average Bonchev–Trinajstić information content (AvgIpc) is 2.99. The van der Waals surface area contributed by atoms with Crippen LogP contribution in [0.25, 0.3) is 0 Å². The molecule has 0 amide bonds. The van der Waals surface area contributed by atoms with E-state index in [-0.39, 0.29) is 0 Å². The van der Waals surface area contributed by atoms with E-state index in [1.165, 1.54) is 16.7 Å². The van der Waals surface area contributed by atoms with Crippen LogP contribution in [0.2, 0.25) is 0 Å². The SMILES string of the molecule is COc1cccc(CCc2ccc(OC)c(Oc3ccc(CCc4cc(OC)c(OC)c(OC)c4)cc3)c2)c1. The summed E-state index contributed by atoms with van der Waals surface area (Å²) in [6.45, 7) is 0. The fourth-order valence-corrected chi connectivity index (χ4v) is 4.49. The van der Waals surface area contributed by atoms with E-state index in [9.17, 15) is 0 Å². The number of ether oxygens (including phenoxy) is 6. The fourth-order valence-electron chi connectivity index (χ4n) is 4.49. The van der Waals surface area contributed by atoms with Crippen molar-refractivity contribution in [3.63, 3.8) is 0 Å². The number of hydrogen-bond acceptors (Lipinski definition) is 6. The maximum atomic E-state index is 6.24. The molecule has 0 saturated heterocycles. The molecule has 0 radical (unpaired) electrons. The fraction of sp³-hybridized carbons (Fsp3) is 0.273. The second-order valence-electron chi connectivity index (χ2n) is 9.12. The third-order valence-corrected chi connectivity index (χ3v) is 6.64. The van der Waals surface area contributed by atoms with Crippen LogP contribution in [0.1, 0.15) is 22.3 Å². The summed E-state index contributed by atoms with van der Waals surface area (Å²) in [5.41, 5.74) is 4.72. The number of aryl methyl sites for hydroxylation is 4. The van der Waals surface area contributed by atoms with Crippen molar-refractivity contribution in [2.45, 2.75) is 25.7 Å². The largest absolute Gasteiger partial charge is 0.497 e. The minimum Gasteiger partial charge on any atom is -0.497 e. The summed E-state index contributed by atoms with van der Waals surface area (Å²) in [4.78, 5) is 0. The van der Waals surface area contributed by atoms with Crippen LogP contribution in [-0.4, -0.2) is 35.5 Å². The Morgan fingerprint density at radius 2 is 0.974 bits per heavy atom. The van der Waals surface area contributed by atoms with Crippen LogP contribution in [0.3, 0.4) is 0 Å². The number of methoxy groups -OCH3 is 5. The van der Waals surface area contributed by atoms with E-state index in [1.54, 1.807) is 35.5 Å². The summed E-state index contributed by atoms with van der Waals surface area (Å²) in [6, 6.07) is 26.4. The van der Waals surface area contributed by atoms with Crippen LogP contribution in [-0.2, 0) is 25.7 Å². The van der Waals surface area contributed by atoms with Crippen LogP contribution in [0.4, 0.5) is 0 Å². The Labute approximate surface area is 231 Å². The lowest BCUT2D eigenvalue weighted by Crippen LogP contribution is -1.98. The lowest BCUT2D eigenvalue weighted by Gasteiger charge is -2.14. The van der Waals surface area contributed by atoms with E-state index < -0.39 is 0 Å². The molecule has 0 N–H and O–H groups in total. The molecule has 4 aromatic carbocycles. The number of benzene rings is 4.